The van der Waals surface area contributed by atoms with Gasteiger partial charge in [0.05, 0.1) is 0 Å². The van der Waals surface area contributed by atoms with Crippen LogP contribution in [-0.4, -0.2) is 7.28 Å². The van der Waals surface area contributed by atoms with E-state index in [1.807, 2.05) is 0 Å². The predicted molar refractivity (Wildman–Crippen MR) is 66.2 cm³/mol. The Morgan fingerprint density at radius 1 is 0.786 bits per heavy atom. The largest absolute Gasteiger partial charge is 0.120 e. The highest BCUT2D eigenvalue weighted by molar-refractivity contribution is 6.41. The van der Waals surface area contributed by atoms with Crippen LogP contribution in [0.25, 0.3) is 0 Å². The van der Waals surface area contributed by atoms with Crippen molar-refractivity contribution in [2.75, 3.05) is 0 Å². The van der Waals surface area contributed by atoms with Crippen LogP contribution in [0.5, 0.6) is 0 Å². The van der Waals surface area contributed by atoms with E-state index in [1.54, 1.807) is 0 Å². The molecule has 1 saturated carbocycles. The van der Waals surface area contributed by atoms with E-state index in [0.29, 0.717) is 5.31 Å². The molecule has 0 aromatic heterocycles. The smallest absolute Gasteiger partial charge is 0.0682 e. The standard InChI is InChI=1S/C13H26B/c1-13(2,3)14-12-10-8-6-4-5-7-9-11-12/h12H,4-11H2,1-3H3. The molecular weight excluding hydrogens is 167 g/mol. The van der Waals surface area contributed by atoms with E-state index in [1.165, 1.54) is 51.4 Å². The summed E-state index contributed by atoms with van der Waals surface area (Å²) < 4.78 is 0. The van der Waals surface area contributed by atoms with Crippen molar-refractivity contribution in [3.05, 3.63) is 0 Å². The summed E-state index contributed by atoms with van der Waals surface area (Å²) in [7, 11) is 2.60. The third kappa shape index (κ3) is 5.72. The van der Waals surface area contributed by atoms with Crippen LogP contribution in [0, 0.1) is 0 Å². The minimum Gasteiger partial charge on any atom is -0.0682 e. The molecule has 0 heterocycles. The summed E-state index contributed by atoms with van der Waals surface area (Å²) >= 11 is 0. The van der Waals surface area contributed by atoms with Gasteiger partial charge in [0.25, 0.3) is 0 Å². The number of rotatable bonds is 1. The van der Waals surface area contributed by atoms with Gasteiger partial charge in [0, 0.05) is 0 Å². The quantitative estimate of drug-likeness (QED) is 0.523. The zero-order valence-electron chi connectivity index (χ0n) is 10.3. The molecule has 0 unspecified atom stereocenters. The molecule has 0 bridgehead atoms. The molecule has 81 valence electrons. The SMILES string of the molecule is CC(C)(C)[B]C1CCCCCCCC1. The van der Waals surface area contributed by atoms with Crippen molar-refractivity contribution in [1.29, 1.82) is 0 Å². The minimum absolute atomic E-state index is 0.415. The first-order valence-electron chi connectivity index (χ1n) is 6.44. The first-order valence-corrected chi connectivity index (χ1v) is 6.44. The minimum atomic E-state index is 0.415. The van der Waals surface area contributed by atoms with E-state index in [4.69, 9.17) is 0 Å². The van der Waals surface area contributed by atoms with E-state index in [-0.39, 0.29) is 0 Å². The number of hydrogen-bond acceptors (Lipinski definition) is 0. The molecule has 0 N–H and O–H groups in total. The van der Waals surface area contributed by atoms with Gasteiger partial charge in [-0.2, -0.15) is 0 Å². The molecule has 1 aliphatic rings. The first kappa shape index (κ1) is 12.1. The number of hydrogen-bond donors (Lipinski definition) is 0. The molecule has 0 aromatic rings. The fourth-order valence-corrected chi connectivity index (χ4v) is 2.54. The van der Waals surface area contributed by atoms with Crippen LogP contribution in [0.1, 0.15) is 72.1 Å². The summed E-state index contributed by atoms with van der Waals surface area (Å²) in [5.41, 5.74) is 0. The topological polar surface area (TPSA) is 0 Å². The van der Waals surface area contributed by atoms with Crippen molar-refractivity contribution in [3.8, 4) is 0 Å². The lowest BCUT2D eigenvalue weighted by Crippen LogP contribution is -2.15. The Hall–Kier alpha value is 0.0649. The highest BCUT2D eigenvalue weighted by Crippen LogP contribution is 2.33. The second-order valence-electron chi connectivity index (χ2n) is 5.99. The summed E-state index contributed by atoms with van der Waals surface area (Å²) in [6, 6.07) is 0. The fraction of sp³-hybridized carbons (Fsp3) is 1.00. The molecule has 0 spiro atoms. The molecule has 0 amide bonds. The van der Waals surface area contributed by atoms with Gasteiger partial charge in [-0.3, -0.25) is 0 Å². The molecule has 0 atom stereocenters. The van der Waals surface area contributed by atoms with Crippen molar-refractivity contribution < 1.29 is 0 Å². The van der Waals surface area contributed by atoms with Crippen LogP contribution in [-0.2, 0) is 0 Å². The van der Waals surface area contributed by atoms with Crippen molar-refractivity contribution in [2.45, 2.75) is 83.3 Å². The fourth-order valence-electron chi connectivity index (χ4n) is 2.54. The van der Waals surface area contributed by atoms with Gasteiger partial charge in [-0.25, -0.2) is 0 Å². The Morgan fingerprint density at radius 3 is 1.64 bits per heavy atom. The molecule has 0 aliphatic heterocycles. The van der Waals surface area contributed by atoms with E-state index in [2.05, 4.69) is 28.1 Å². The molecule has 1 rings (SSSR count). The van der Waals surface area contributed by atoms with Gasteiger partial charge in [0.2, 0.25) is 0 Å². The Morgan fingerprint density at radius 2 is 1.21 bits per heavy atom. The molecule has 1 heteroatoms. The zero-order chi connectivity index (χ0) is 10.4. The van der Waals surface area contributed by atoms with E-state index in [0.717, 1.165) is 5.82 Å². The second kappa shape index (κ2) is 5.83. The Kier molecular flexibility index (Phi) is 5.05. The lowest BCUT2D eigenvalue weighted by atomic mass is 9.46. The normalized spacial score (nSPS) is 22.2. The maximum absolute atomic E-state index is 2.60. The third-order valence-corrected chi connectivity index (χ3v) is 3.14. The van der Waals surface area contributed by atoms with Gasteiger partial charge in [-0.15, -0.1) is 0 Å². The zero-order valence-corrected chi connectivity index (χ0v) is 10.3. The summed E-state index contributed by atoms with van der Waals surface area (Å²) in [6.07, 6.45) is 11.7. The highest BCUT2D eigenvalue weighted by Gasteiger charge is 2.20. The van der Waals surface area contributed by atoms with Gasteiger partial charge in [0.15, 0.2) is 0 Å². The molecule has 0 saturated heterocycles. The molecule has 0 aromatic carbocycles. The van der Waals surface area contributed by atoms with E-state index >= 15 is 0 Å². The van der Waals surface area contributed by atoms with Crippen molar-refractivity contribution in [3.63, 3.8) is 0 Å². The van der Waals surface area contributed by atoms with Crippen LogP contribution in [0.15, 0.2) is 0 Å². The molecular formula is C13H26B. The van der Waals surface area contributed by atoms with Crippen LogP contribution in [0.4, 0.5) is 0 Å². The Labute approximate surface area is 91.1 Å². The van der Waals surface area contributed by atoms with Crippen LogP contribution in [0.2, 0.25) is 11.1 Å². The Bertz CT molecular complexity index is 136. The van der Waals surface area contributed by atoms with Gasteiger partial charge < -0.3 is 0 Å². The summed E-state index contributed by atoms with van der Waals surface area (Å²) in [5, 5.41) is 0.415. The molecule has 0 nitrogen and oxygen atoms in total. The Balaban J connectivity index is 2.32. The van der Waals surface area contributed by atoms with Gasteiger partial charge in [-0.1, -0.05) is 83.3 Å². The van der Waals surface area contributed by atoms with Gasteiger partial charge in [0.1, 0.15) is 7.28 Å². The van der Waals surface area contributed by atoms with Gasteiger partial charge >= 0.3 is 0 Å². The maximum Gasteiger partial charge on any atom is 0.120 e. The third-order valence-electron chi connectivity index (χ3n) is 3.14. The lowest BCUT2D eigenvalue weighted by molar-refractivity contribution is 0.597. The van der Waals surface area contributed by atoms with Crippen molar-refractivity contribution >= 4 is 7.28 Å². The van der Waals surface area contributed by atoms with Crippen LogP contribution in [0.3, 0.4) is 0 Å². The average Bonchev–Trinajstić information content (AvgIpc) is 2.15. The molecule has 1 fully saturated rings. The molecule has 14 heavy (non-hydrogen) atoms. The molecule has 1 radical (unpaired) electrons. The summed E-state index contributed by atoms with van der Waals surface area (Å²) in [5.74, 6) is 0.896. The summed E-state index contributed by atoms with van der Waals surface area (Å²) in [4.78, 5) is 0. The monoisotopic (exact) mass is 193 g/mol. The first-order chi connectivity index (χ1) is 6.58. The van der Waals surface area contributed by atoms with Crippen LogP contribution < -0.4 is 0 Å². The highest BCUT2D eigenvalue weighted by atomic mass is 14.1. The predicted octanol–water partition coefficient (Wildman–Crippen LogP) is 4.83. The second-order valence-corrected chi connectivity index (χ2v) is 5.99. The van der Waals surface area contributed by atoms with Gasteiger partial charge in [-0.05, 0) is 0 Å². The van der Waals surface area contributed by atoms with E-state index in [9.17, 15) is 0 Å². The average molecular weight is 193 g/mol. The summed E-state index contributed by atoms with van der Waals surface area (Å²) in [6.45, 7) is 7.00. The molecule has 1 aliphatic carbocycles. The lowest BCUT2D eigenvalue weighted by Gasteiger charge is -2.24. The van der Waals surface area contributed by atoms with Crippen molar-refractivity contribution in [1.82, 2.24) is 0 Å². The van der Waals surface area contributed by atoms with E-state index < -0.39 is 0 Å². The van der Waals surface area contributed by atoms with Crippen molar-refractivity contribution in [2.24, 2.45) is 0 Å². The maximum atomic E-state index is 2.60. The van der Waals surface area contributed by atoms with Crippen LogP contribution >= 0.6 is 0 Å².